The van der Waals surface area contributed by atoms with Crippen molar-refractivity contribution >= 4 is 5.91 Å². The Bertz CT molecular complexity index is 291. The van der Waals surface area contributed by atoms with Crippen LogP contribution in [0.1, 0.15) is 26.2 Å². The summed E-state index contributed by atoms with van der Waals surface area (Å²) in [5.41, 5.74) is 0. The number of rotatable bonds is 5. The summed E-state index contributed by atoms with van der Waals surface area (Å²) >= 11 is 0. The lowest BCUT2D eigenvalue weighted by Crippen LogP contribution is -2.28. The van der Waals surface area contributed by atoms with Crippen molar-refractivity contribution in [3.8, 4) is 0 Å². The Morgan fingerprint density at radius 1 is 1.50 bits per heavy atom. The highest BCUT2D eigenvalue weighted by Crippen LogP contribution is 2.18. The predicted molar refractivity (Wildman–Crippen MR) is 68.1 cm³/mol. The van der Waals surface area contributed by atoms with Crippen molar-refractivity contribution < 1.29 is 4.79 Å². The third-order valence-corrected chi connectivity index (χ3v) is 2.84. The number of hydrogen-bond acceptors (Lipinski definition) is 1. The monoisotopic (exact) mass is 219 g/mol. The van der Waals surface area contributed by atoms with Crippen molar-refractivity contribution in [2.24, 2.45) is 5.92 Å². The molecular weight excluding hydrogens is 198 g/mol. The van der Waals surface area contributed by atoms with Gasteiger partial charge in [-0.2, -0.15) is 0 Å². The Balaban J connectivity index is 2.35. The molecule has 0 saturated carbocycles. The second kappa shape index (κ2) is 7.04. The predicted octanol–water partition coefficient (Wildman–Crippen LogP) is 2.93. The van der Waals surface area contributed by atoms with Gasteiger partial charge in [0.05, 0.1) is 0 Å². The van der Waals surface area contributed by atoms with Gasteiger partial charge in [-0.05, 0) is 25.2 Å². The Morgan fingerprint density at radius 3 is 2.88 bits per heavy atom. The molecular formula is C14H21NO. The maximum Gasteiger partial charge on any atom is 0.220 e. The largest absolute Gasteiger partial charge is 0.336 e. The summed E-state index contributed by atoms with van der Waals surface area (Å²) in [6, 6.07) is 0. The maximum absolute atomic E-state index is 11.2. The SMILES string of the molecule is C=CCN(C/C=C\C1CC=CCC1)C(C)=O. The van der Waals surface area contributed by atoms with Gasteiger partial charge in [0.2, 0.25) is 5.91 Å². The van der Waals surface area contributed by atoms with Crippen LogP contribution in [0.15, 0.2) is 37.0 Å². The summed E-state index contributed by atoms with van der Waals surface area (Å²) in [7, 11) is 0. The highest BCUT2D eigenvalue weighted by atomic mass is 16.2. The number of amides is 1. The van der Waals surface area contributed by atoms with Gasteiger partial charge >= 0.3 is 0 Å². The molecule has 0 aromatic carbocycles. The minimum absolute atomic E-state index is 0.105. The van der Waals surface area contributed by atoms with Gasteiger partial charge in [0.1, 0.15) is 0 Å². The lowest BCUT2D eigenvalue weighted by Gasteiger charge is -2.18. The van der Waals surface area contributed by atoms with E-state index in [0.29, 0.717) is 19.0 Å². The Morgan fingerprint density at radius 2 is 2.31 bits per heavy atom. The molecule has 0 fully saturated rings. The van der Waals surface area contributed by atoms with Crippen LogP contribution < -0.4 is 0 Å². The van der Waals surface area contributed by atoms with Gasteiger partial charge < -0.3 is 4.90 Å². The van der Waals surface area contributed by atoms with E-state index >= 15 is 0 Å². The van der Waals surface area contributed by atoms with E-state index in [4.69, 9.17) is 0 Å². The zero-order valence-corrected chi connectivity index (χ0v) is 10.1. The molecule has 1 aliphatic carbocycles. The lowest BCUT2D eigenvalue weighted by atomic mass is 9.94. The molecule has 0 N–H and O–H groups in total. The molecule has 0 bridgehead atoms. The van der Waals surface area contributed by atoms with Gasteiger partial charge in [-0.3, -0.25) is 4.79 Å². The second-order valence-electron chi connectivity index (χ2n) is 4.19. The molecule has 2 nitrogen and oxygen atoms in total. The molecule has 0 aliphatic heterocycles. The van der Waals surface area contributed by atoms with E-state index in [1.54, 1.807) is 17.9 Å². The van der Waals surface area contributed by atoms with Crippen LogP contribution in [0.5, 0.6) is 0 Å². The molecule has 1 unspecified atom stereocenters. The molecule has 16 heavy (non-hydrogen) atoms. The van der Waals surface area contributed by atoms with Crippen molar-refractivity contribution in [2.45, 2.75) is 26.2 Å². The first-order valence-electron chi connectivity index (χ1n) is 5.92. The van der Waals surface area contributed by atoms with Crippen molar-refractivity contribution in [2.75, 3.05) is 13.1 Å². The number of carbonyl (C=O) groups excluding carboxylic acids is 1. The molecule has 0 aromatic rings. The van der Waals surface area contributed by atoms with E-state index < -0.39 is 0 Å². The van der Waals surface area contributed by atoms with Gasteiger partial charge in [0.15, 0.2) is 0 Å². The minimum atomic E-state index is 0.105. The van der Waals surface area contributed by atoms with Crippen molar-refractivity contribution in [1.29, 1.82) is 0 Å². The summed E-state index contributed by atoms with van der Waals surface area (Å²) in [6.45, 7) is 6.58. The van der Waals surface area contributed by atoms with E-state index in [2.05, 4.69) is 30.9 Å². The zero-order chi connectivity index (χ0) is 11.8. The molecule has 1 atom stereocenters. The first-order valence-corrected chi connectivity index (χ1v) is 5.92. The first-order chi connectivity index (χ1) is 7.74. The molecule has 88 valence electrons. The Kier molecular flexibility index (Phi) is 5.62. The molecule has 2 heteroatoms. The van der Waals surface area contributed by atoms with Crippen LogP contribution in [-0.4, -0.2) is 23.9 Å². The van der Waals surface area contributed by atoms with Crippen LogP contribution >= 0.6 is 0 Å². The van der Waals surface area contributed by atoms with E-state index in [1.807, 2.05) is 0 Å². The molecule has 1 rings (SSSR count). The fourth-order valence-electron chi connectivity index (χ4n) is 1.86. The van der Waals surface area contributed by atoms with Crippen LogP contribution in [0.25, 0.3) is 0 Å². The fraction of sp³-hybridized carbons (Fsp3) is 0.500. The smallest absolute Gasteiger partial charge is 0.220 e. The van der Waals surface area contributed by atoms with Crippen LogP contribution in [-0.2, 0) is 4.79 Å². The van der Waals surface area contributed by atoms with E-state index in [-0.39, 0.29) is 5.91 Å². The standard InChI is InChI=1S/C14H21NO/c1-3-11-15(13(2)16)12-7-10-14-8-5-4-6-9-14/h3-5,7,10,14H,1,6,8-9,11-12H2,2H3/b10-7-. The summed E-state index contributed by atoms with van der Waals surface area (Å²) in [4.78, 5) is 13.0. The average molecular weight is 219 g/mol. The zero-order valence-electron chi connectivity index (χ0n) is 10.1. The summed E-state index contributed by atoms with van der Waals surface area (Å²) in [6.07, 6.45) is 14.1. The van der Waals surface area contributed by atoms with Crippen molar-refractivity contribution in [3.63, 3.8) is 0 Å². The normalized spacial score (nSPS) is 19.9. The highest BCUT2D eigenvalue weighted by Gasteiger charge is 2.06. The maximum atomic E-state index is 11.2. The molecule has 1 aliphatic rings. The van der Waals surface area contributed by atoms with Gasteiger partial charge in [0.25, 0.3) is 0 Å². The van der Waals surface area contributed by atoms with Gasteiger partial charge in [-0.15, -0.1) is 6.58 Å². The third-order valence-electron chi connectivity index (χ3n) is 2.84. The summed E-state index contributed by atoms with van der Waals surface area (Å²) in [5, 5.41) is 0. The van der Waals surface area contributed by atoms with Gasteiger partial charge in [-0.25, -0.2) is 0 Å². The first kappa shape index (κ1) is 12.8. The molecule has 0 aromatic heterocycles. The molecule has 0 saturated heterocycles. The van der Waals surface area contributed by atoms with E-state index in [0.717, 1.165) is 6.42 Å². The topological polar surface area (TPSA) is 20.3 Å². The summed E-state index contributed by atoms with van der Waals surface area (Å²) < 4.78 is 0. The van der Waals surface area contributed by atoms with Crippen LogP contribution in [0.3, 0.4) is 0 Å². The number of nitrogens with zero attached hydrogens (tertiary/aromatic N) is 1. The van der Waals surface area contributed by atoms with E-state index in [1.165, 1.54) is 12.8 Å². The molecule has 1 amide bonds. The van der Waals surface area contributed by atoms with Crippen molar-refractivity contribution in [3.05, 3.63) is 37.0 Å². The molecule has 0 spiro atoms. The quantitative estimate of drug-likeness (QED) is 0.651. The van der Waals surface area contributed by atoms with Crippen LogP contribution in [0.2, 0.25) is 0 Å². The molecule has 0 heterocycles. The van der Waals surface area contributed by atoms with Crippen LogP contribution in [0, 0.1) is 5.92 Å². The number of hydrogen-bond donors (Lipinski definition) is 0. The van der Waals surface area contributed by atoms with Crippen molar-refractivity contribution in [1.82, 2.24) is 4.90 Å². The number of carbonyl (C=O) groups is 1. The third kappa shape index (κ3) is 4.47. The average Bonchev–Trinajstić information content (AvgIpc) is 2.29. The summed E-state index contributed by atoms with van der Waals surface area (Å²) in [5.74, 6) is 0.760. The number of allylic oxidation sites excluding steroid dienone is 3. The lowest BCUT2D eigenvalue weighted by molar-refractivity contribution is -0.127. The molecule has 0 radical (unpaired) electrons. The second-order valence-corrected chi connectivity index (χ2v) is 4.19. The van der Waals surface area contributed by atoms with Crippen LogP contribution in [0.4, 0.5) is 0 Å². The fourth-order valence-corrected chi connectivity index (χ4v) is 1.86. The van der Waals surface area contributed by atoms with E-state index in [9.17, 15) is 4.79 Å². The van der Waals surface area contributed by atoms with Gasteiger partial charge in [-0.1, -0.05) is 30.4 Å². The Hall–Kier alpha value is -1.31. The Labute approximate surface area is 98.3 Å². The highest BCUT2D eigenvalue weighted by molar-refractivity contribution is 5.73. The minimum Gasteiger partial charge on any atom is -0.336 e. The van der Waals surface area contributed by atoms with Gasteiger partial charge in [0, 0.05) is 20.0 Å².